The molecule has 4 rings (SSSR count). The van der Waals surface area contributed by atoms with Crippen LogP contribution in [0.4, 0.5) is 0 Å². The van der Waals surface area contributed by atoms with Crippen molar-refractivity contribution in [1.82, 2.24) is 14.9 Å². The highest BCUT2D eigenvalue weighted by atomic mass is 16.5. The van der Waals surface area contributed by atoms with Crippen LogP contribution >= 0.6 is 0 Å². The minimum Gasteiger partial charge on any atom is -0.497 e. The summed E-state index contributed by atoms with van der Waals surface area (Å²) < 4.78 is 10.9. The van der Waals surface area contributed by atoms with Crippen LogP contribution in [0.1, 0.15) is 18.7 Å². The quantitative estimate of drug-likeness (QED) is 0.712. The van der Waals surface area contributed by atoms with Gasteiger partial charge in [0.1, 0.15) is 17.3 Å². The summed E-state index contributed by atoms with van der Waals surface area (Å²) in [6.07, 6.45) is 2.97. The molecule has 1 aliphatic rings. The molecular weight excluding hydrogens is 354 g/mol. The van der Waals surface area contributed by atoms with E-state index in [0.717, 1.165) is 49.2 Å². The average molecular weight is 379 g/mol. The predicted octanol–water partition coefficient (Wildman–Crippen LogP) is 3.43. The lowest BCUT2D eigenvalue weighted by Crippen LogP contribution is -2.42. The Morgan fingerprint density at radius 3 is 2.93 bits per heavy atom. The van der Waals surface area contributed by atoms with Gasteiger partial charge in [-0.05, 0) is 43.0 Å². The van der Waals surface area contributed by atoms with E-state index in [4.69, 9.17) is 9.47 Å². The summed E-state index contributed by atoms with van der Waals surface area (Å²) in [4.78, 5) is 22.6. The number of aromatic nitrogens is 2. The number of nitrogens with zero attached hydrogens (tertiary/aromatic N) is 2. The summed E-state index contributed by atoms with van der Waals surface area (Å²) in [5.41, 5.74) is 2.06. The van der Waals surface area contributed by atoms with Gasteiger partial charge in [0.05, 0.1) is 18.1 Å². The van der Waals surface area contributed by atoms with E-state index in [1.807, 2.05) is 47.4 Å². The van der Waals surface area contributed by atoms with Crippen molar-refractivity contribution in [3.05, 3.63) is 54.4 Å². The van der Waals surface area contributed by atoms with Crippen LogP contribution in [-0.4, -0.2) is 47.6 Å². The summed E-state index contributed by atoms with van der Waals surface area (Å²) in [6, 6.07) is 15.4. The zero-order valence-electron chi connectivity index (χ0n) is 16.1. The first-order chi connectivity index (χ1) is 13.7. The Hall–Kier alpha value is -3.02. The molecule has 28 heavy (non-hydrogen) atoms. The van der Waals surface area contributed by atoms with Gasteiger partial charge >= 0.3 is 0 Å². The van der Waals surface area contributed by atoms with E-state index in [2.05, 4.69) is 9.97 Å². The number of methoxy groups -OCH3 is 1. The third-order valence-electron chi connectivity index (χ3n) is 5.20. The third kappa shape index (κ3) is 4.27. The molecule has 0 unspecified atom stereocenters. The van der Waals surface area contributed by atoms with E-state index in [1.54, 1.807) is 13.2 Å². The molecule has 1 N–H and O–H groups in total. The van der Waals surface area contributed by atoms with Crippen molar-refractivity contribution in [3.8, 4) is 11.5 Å². The molecule has 3 aromatic rings. The largest absolute Gasteiger partial charge is 0.497 e. The second-order valence-electron chi connectivity index (χ2n) is 7.22. The van der Waals surface area contributed by atoms with Gasteiger partial charge in [-0.1, -0.05) is 18.2 Å². The number of aromatic amines is 1. The molecule has 1 atom stereocenters. The van der Waals surface area contributed by atoms with E-state index in [-0.39, 0.29) is 12.5 Å². The molecule has 1 saturated heterocycles. The van der Waals surface area contributed by atoms with E-state index >= 15 is 0 Å². The highest BCUT2D eigenvalue weighted by Crippen LogP contribution is 2.22. The Bertz CT molecular complexity index is 920. The number of carbonyl (C=O) groups is 1. The number of ether oxygens (including phenoxy) is 2. The van der Waals surface area contributed by atoms with Crippen molar-refractivity contribution in [2.24, 2.45) is 5.92 Å². The average Bonchev–Trinajstić information content (AvgIpc) is 3.14. The maximum atomic E-state index is 12.6. The van der Waals surface area contributed by atoms with E-state index in [0.29, 0.717) is 17.4 Å². The number of benzene rings is 2. The highest BCUT2D eigenvalue weighted by molar-refractivity contribution is 5.78. The molecule has 0 saturated carbocycles. The van der Waals surface area contributed by atoms with Crippen molar-refractivity contribution < 1.29 is 14.3 Å². The van der Waals surface area contributed by atoms with Gasteiger partial charge in [0.15, 0.2) is 6.61 Å². The number of likely N-dealkylation sites (tertiary alicyclic amines) is 1. The topological polar surface area (TPSA) is 67.5 Å². The maximum Gasteiger partial charge on any atom is 0.260 e. The number of nitrogens with one attached hydrogen (secondary N) is 1. The summed E-state index contributed by atoms with van der Waals surface area (Å²) in [7, 11) is 1.61. The number of carbonyl (C=O) groups excluding carboxylic acids is 1. The van der Waals surface area contributed by atoms with Gasteiger partial charge in [0.25, 0.3) is 5.91 Å². The Balaban J connectivity index is 1.33. The van der Waals surface area contributed by atoms with Crippen molar-refractivity contribution in [2.45, 2.75) is 19.3 Å². The first-order valence-electron chi connectivity index (χ1n) is 9.69. The minimum atomic E-state index is 0.0251. The number of piperidine rings is 1. The molecule has 1 aromatic heterocycles. The summed E-state index contributed by atoms with van der Waals surface area (Å²) in [6.45, 7) is 1.58. The predicted molar refractivity (Wildman–Crippen MR) is 108 cm³/mol. The number of amides is 1. The van der Waals surface area contributed by atoms with Crippen LogP contribution in [0.3, 0.4) is 0 Å². The smallest absolute Gasteiger partial charge is 0.260 e. The van der Waals surface area contributed by atoms with E-state index in [9.17, 15) is 4.79 Å². The molecule has 1 fully saturated rings. The summed E-state index contributed by atoms with van der Waals surface area (Å²) in [5, 5.41) is 0. The van der Waals surface area contributed by atoms with Crippen LogP contribution in [0.2, 0.25) is 0 Å². The van der Waals surface area contributed by atoms with Gasteiger partial charge in [-0.2, -0.15) is 0 Å². The van der Waals surface area contributed by atoms with Crippen molar-refractivity contribution in [1.29, 1.82) is 0 Å². The molecule has 0 radical (unpaired) electrons. The standard InChI is InChI=1S/C22H25N3O3/c1-27-17-7-4-8-18(13-17)28-15-22(26)25-11-5-6-16(14-25)12-21-23-19-9-2-3-10-20(19)24-21/h2-4,7-10,13,16H,5-6,11-12,14-15H2,1H3,(H,23,24)/t16-/m0/s1. The fraction of sp³-hybridized carbons (Fsp3) is 0.364. The van der Waals surface area contributed by atoms with Crippen LogP contribution in [0.15, 0.2) is 48.5 Å². The molecular formula is C22H25N3O3. The van der Waals surface area contributed by atoms with E-state index in [1.165, 1.54) is 0 Å². The Labute approximate surface area is 164 Å². The number of hydrogen-bond acceptors (Lipinski definition) is 4. The van der Waals surface area contributed by atoms with Crippen LogP contribution in [0, 0.1) is 5.92 Å². The van der Waals surface area contributed by atoms with Gasteiger partial charge in [0.2, 0.25) is 0 Å². The Morgan fingerprint density at radius 1 is 1.21 bits per heavy atom. The Morgan fingerprint density at radius 2 is 2.07 bits per heavy atom. The van der Waals surface area contributed by atoms with Gasteiger partial charge in [-0.15, -0.1) is 0 Å². The van der Waals surface area contributed by atoms with Crippen molar-refractivity contribution in [2.75, 3.05) is 26.8 Å². The molecule has 2 heterocycles. The molecule has 0 bridgehead atoms. The monoisotopic (exact) mass is 379 g/mol. The second-order valence-corrected chi connectivity index (χ2v) is 7.22. The lowest BCUT2D eigenvalue weighted by molar-refractivity contribution is -0.135. The molecule has 0 aliphatic carbocycles. The summed E-state index contributed by atoms with van der Waals surface area (Å²) in [5.74, 6) is 2.79. The molecule has 2 aromatic carbocycles. The first kappa shape index (κ1) is 18.3. The molecule has 1 amide bonds. The second kappa shape index (κ2) is 8.33. The maximum absolute atomic E-state index is 12.6. The van der Waals surface area contributed by atoms with Gasteiger partial charge in [0, 0.05) is 25.6 Å². The lowest BCUT2D eigenvalue weighted by atomic mass is 9.94. The van der Waals surface area contributed by atoms with Crippen molar-refractivity contribution >= 4 is 16.9 Å². The molecule has 6 nitrogen and oxygen atoms in total. The molecule has 1 aliphatic heterocycles. The van der Waals surface area contributed by atoms with Crippen LogP contribution in [-0.2, 0) is 11.2 Å². The minimum absolute atomic E-state index is 0.0251. The number of para-hydroxylation sites is 2. The number of H-pyrrole nitrogens is 1. The zero-order chi connectivity index (χ0) is 19.3. The zero-order valence-corrected chi connectivity index (χ0v) is 16.1. The number of rotatable bonds is 6. The van der Waals surface area contributed by atoms with E-state index < -0.39 is 0 Å². The van der Waals surface area contributed by atoms with Crippen LogP contribution < -0.4 is 9.47 Å². The molecule has 146 valence electrons. The normalized spacial score (nSPS) is 16.9. The number of fused-ring (bicyclic) bond motifs is 1. The molecule has 0 spiro atoms. The molecule has 6 heteroatoms. The highest BCUT2D eigenvalue weighted by Gasteiger charge is 2.25. The van der Waals surface area contributed by atoms with Crippen molar-refractivity contribution in [3.63, 3.8) is 0 Å². The number of hydrogen-bond donors (Lipinski definition) is 1. The number of imidazole rings is 1. The van der Waals surface area contributed by atoms with Gasteiger partial charge in [-0.25, -0.2) is 4.98 Å². The SMILES string of the molecule is COc1cccc(OCC(=O)N2CCC[C@@H](Cc3nc4ccccc4[nH]3)C2)c1. The fourth-order valence-corrected chi connectivity index (χ4v) is 3.76. The fourth-order valence-electron chi connectivity index (χ4n) is 3.76. The third-order valence-corrected chi connectivity index (χ3v) is 5.20. The van der Waals surface area contributed by atoms with Gasteiger partial charge in [-0.3, -0.25) is 4.79 Å². The van der Waals surface area contributed by atoms with Crippen LogP contribution in [0.25, 0.3) is 11.0 Å². The lowest BCUT2D eigenvalue weighted by Gasteiger charge is -2.32. The van der Waals surface area contributed by atoms with Gasteiger partial charge < -0.3 is 19.4 Å². The Kier molecular flexibility index (Phi) is 5.46. The van der Waals surface area contributed by atoms with Crippen LogP contribution in [0.5, 0.6) is 11.5 Å². The summed E-state index contributed by atoms with van der Waals surface area (Å²) >= 11 is 0. The first-order valence-corrected chi connectivity index (χ1v) is 9.69.